The molecule has 1 atom stereocenters. The highest BCUT2D eigenvalue weighted by Crippen LogP contribution is 2.34. The smallest absolute Gasteiger partial charge is 0.255 e. The number of amides is 1. The molecule has 0 radical (unpaired) electrons. The van der Waals surface area contributed by atoms with Crippen LogP contribution in [0.1, 0.15) is 33.9 Å². The molecule has 0 saturated carbocycles. The third-order valence-electron chi connectivity index (χ3n) is 3.81. The molecule has 0 bridgehead atoms. The van der Waals surface area contributed by atoms with E-state index in [4.69, 9.17) is 5.73 Å². The molecule has 5 heteroatoms. The number of aryl methyl sites for hydroxylation is 1. The van der Waals surface area contributed by atoms with Crippen molar-refractivity contribution in [2.24, 2.45) is 0 Å². The number of aromatic hydroxyl groups is 2. The van der Waals surface area contributed by atoms with E-state index in [9.17, 15) is 15.0 Å². The number of nitrogens with two attached hydrogens (primary N) is 1. The molecule has 21 heavy (non-hydrogen) atoms. The van der Waals surface area contributed by atoms with Crippen molar-refractivity contribution >= 4 is 11.6 Å². The number of hydrogen-bond donors (Lipinski definition) is 4. The Hall–Kier alpha value is -2.69. The predicted octanol–water partition coefficient (Wildman–Crippen LogP) is 2.10. The van der Waals surface area contributed by atoms with E-state index < -0.39 is 11.7 Å². The standard InChI is InChI=1S/C16H16N2O3/c17-10-5-6-11-9(8-10)4-7-13(11)18-16(21)12-2-1-3-14(19)15(12)20/h1-3,5-6,8,13,19-20H,4,7,17H2,(H,18,21). The second-order valence-corrected chi connectivity index (χ2v) is 5.20. The first-order valence-electron chi connectivity index (χ1n) is 6.76. The molecule has 0 aromatic heterocycles. The number of benzene rings is 2. The molecule has 2 aromatic carbocycles. The summed E-state index contributed by atoms with van der Waals surface area (Å²) in [6, 6.07) is 9.89. The van der Waals surface area contributed by atoms with E-state index in [2.05, 4.69) is 5.32 Å². The van der Waals surface area contributed by atoms with Crippen molar-refractivity contribution in [1.82, 2.24) is 5.32 Å². The maximum absolute atomic E-state index is 12.2. The lowest BCUT2D eigenvalue weighted by Gasteiger charge is -2.15. The van der Waals surface area contributed by atoms with Gasteiger partial charge in [-0.25, -0.2) is 0 Å². The van der Waals surface area contributed by atoms with Crippen molar-refractivity contribution < 1.29 is 15.0 Å². The van der Waals surface area contributed by atoms with Crippen LogP contribution < -0.4 is 11.1 Å². The molecule has 2 aromatic rings. The summed E-state index contributed by atoms with van der Waals surface area (Å²) in [5.41, 5.74) is 8.73. The van der Waals surface area contributed by atoms with Gasteiger partial charge < -0.3 is 21.3 Å². The third-order valence-corrected chi connectivity index (χ3v) is 3.81. The monoisotopic (exact) mass is 284 g/mol. The van der Waals surface area contributed by atoms with Crippen LogP contribution in [0.4, 0.5) is 5.69 Å². The highest BCUT2D eigenvalue weighted by Gasteiger charge is 2.25. The van der Waals surface area contributed by atoms with Crippen LogP contribution >= 0.6 is 0 Å². The zero-order chi connectivity index (χ0) is 15.0. The Morgan fingerprint density at radius 2 is 2.05 bits per heavy atom. The Labute approximate surface area is 122 Å². The van der Waals surface area contributed by atoms with E-state index in [1.54, 1.807) is 0 Å². The largest absolute Gasteiger partial charge is 0.504 e. The number of nitrogen functional groups attached to an aromatic ring is 1. The van der Waals surface area contributed by atoms with E-state index in [1.807, 2.05) is 18.2 Å². The summed E-state index contributed by atoms with van der Waals surface area (Å²) in [6.07, 6.45) is 1.65. The number of phenolic OH excluding ortho intramolecular Hbond substituents is 2. The van der Waals surface area contributed by atoms with Gasteiger partial charge in [0.2, 0.25) is 0 Å². The molecule has 0 spiro atoms. The summed E-state index contributed by atoms with van der Waals surface area (Å²) >= 11 is 0. The summed E-state index contributed by atoms with van der Waals surface area (Å²) in [6.45, 7) is 0. The van der Waals surface area contributed by atoms with Crippen LogP contribution in [0.2, 0.25) is 0 Å². The van der Waals surface area contributed by atoms with Crippen LogP contribution in [0.3, 0.4) is 0 Å². The zero-order valence-electron chi connectivity index (χ0n) is 11.3. The quantitative estimate of drug-likeness (QED) is 0.501. The summed E-state index contributed by atoms with van der Waals surface area (Å²) in [4.78, 5) is 12.2. The Kier molecular flexibility index (Phi) is 3.17. The van der Waals surface area contributed by atoms with Crippen molar-refractivity contribution in [1.29, 1.82) is 0 Å². The fourth-order valence-corrected chi connectivity index (χ4v) is 2.74. The molecule has 1 unspecified atom stereocenters. The molecule has 0 fully saturated rings. The Bertz CT molecular complexity index is 713. The number of carbonyl (C=O) groups excluding carboxylic acids is 1. The Balaban J connectivity index is 1.83. The minimum absolute atomic E-state index is 0.0684. The summed E-state index contributed by atoms with van der Waals surface area (Å²) in [5.74, 6) is -1.11. The first-order valence-corrected chi connectivity index (χ1v) is 6.76. The van der Waals surface area contributed by atoms with Gasteiger partial charge in [0.15, 0.2) is 11.5 Å². The number of rotatable bonds is 2. The van der Waals surface area contributed by atoms with Crippen LogP contribution in [-0.2, 0) is 6.42 Å². The molecule has 0 saturated heterocycles. The van der Waals surface area contributed by atoms with Crippen LogP contribution in [-0.4, -0.2) is 16.1 Å². The van der Waals surface area contributed by atoms with Gasteiger partial charge in [-0.05, 0) is 48.2 Å². The second kappa shape index (κ2) is 5.01. The lowest BCUT2D eigenvalue weighted by Crippen LogP contribution is -2.27. The van der Waals surface area contributed by atoms with E-state index >= 15 is 0 Å². The van der Waals surface area contributed by atoms with Crippen molar-refractivity contribution in [3.63, 3.8) is 0 Å². The fourth-order valence-electron chi connectivity index (χ4n) is 2.74. The van der Waals surface area contributed by atoms with Gasteiger partial charge in [-0.2, -0.15) is 0 Å². The summed E-state index contributed by atoms with van der Waals surface area (Å²) in [7, 11) is 0. The van der Waals surface area contributed by atoms with Crippen LogP contribution in [0.5, 0.6) is 11.5 Å². The lowest BCUT2D eigenvalue weighted by molar-refractivity contribution is 0.0933. The number of fused-ring (bicyclic) bond motifs is 1. The van der Waals surface area contributed by atoms with Crippen molar-refractivity contribution in [2.75, 3.05) is 5.73 Å². The number of para-hydroxylation sites is 1. The van der Waals surface area contributed by atoms with Gasteiger partial charge in [-0.3, -0.25) is 4.79 Å². The summed E-state index contributed by atoms with van der Waals surface area (Å²) in [5, 5.41) is 22.1. The second-order valence-electron chi connectivity index (χ2n) is 5.20. The molecule has 108 valence electrons. The Morgan fingerprint density at radius 1 is 1.24 bits per heavy atom. The molecule has 5 nitrogen and oxygen atoms in total. The van der Waals surface area contributed by atoms with Gasteiger partial charge in [0.25, 0.3) is 5.91 Å². The molecular formula is C16H16N2O3. The lowest BCUT2D eigenvalue weighted by atomic mass is 10.1. The molecule has 1 amide bonds. The van der Waals surface area contributed by atoms with E-state index in [-0.39, 0.29) is 17.4 Å². The molecule has 0 heterocycles. The molecule has 0 aliphatic heterocycles. The molecule has 3 rings (SSSR count). The predicted molar refractivity (Wildman–Crippen MR) is 79.2 cm³/mol. The van der Waals surface area contributed by atoms with Gasteiger partial charge in [-0.1, -0.05) is 12.1 Å². The first-order chi connectivity index (χ1) is 10.1. The van der Waals surface area contributed by atoms with Gasteiger partial charge >= 0.3 is 0 Å². The number of carbonyl (C=O) groups is 1. The van der Waals surface area contributed by atoms with Crippen LogP contribution in [0.15, 0.2) is 36.4 Å². The van der Waals surface area contributed by atoms with Gasteiger partial charge in [-0.15, -0.1) is 0 Å². The molecule has 5 N–H and O–H groups in total. The van der Waals surface area contributed by atoms with Crippen LogP contribution in [0, 0.1) is 0 Å². The normalized spacial score (nSPS) is 16.5. The number of anilines is 1. The number of nitrogens with one attached hydrogen (secondary N) is 1. The highest BCUT2D eigenvalue weighted by molar-refractivity contribution is 5.97. The van der Waals surface area contributed by atoms with E-state index in [0.717, 1.165) is 24.0 Å². The number of phenols is 2. The zero-order valence-corrected chi connectivity index (χ0v) is 11.3. The van der Waals surface area contributed by atoms with Crippen LogP contribution in [0.25, 0.3) is 0 Å². The maximum Gasteiger partial charge on any atom is 0.255 e. The van der Waals surface area contributed by atoms with Crippen molar-refractivity contribution in [3.05, 3.63) is 53.1 Å². The van der Waals surface area contributed by atoms with Crippen molar-refractivity contribution in [3.8, 4) is 11.5 Å². The van der Waals surface area contributed by atoms with Gasteiger partial charge in [0.05, 0.1) is 11.6 Å². The van der Waals surface area contributed by atoms with E-state index in [0.29, 0.717) is 5.69 Å². The Morgan fingerprint density at radius 3 is 2.86 bits per heavy atom. The van der Waals surface area contributed by atoms with Gasteiger partial charge in [0, 0.05) is 5.69 Å². The highest BCUT2D eigenvalue weighted by atomic mass is 16.3. The molecular weight excluding hydrogens is 268 g/mol. The fraction of sp³-hybridized carbons (Fsp3) is 0.188. The van der Waals surface area contributed by atoms with Crippen molar-refractivity contribution in [2.45, 2.75) is 18.9 Å². The first kappa shape index (κ1) is 13.3. The van der Waals surface area contributed by atoms with E-state index in [1.165, 1.54) is 18.2 Å². The molecule has 1 aliphatic carbocycles. The van der Waals surface area contributed by atoms with Gasteiger partial charge in [0.1, 0.15) is 0 Å². The SMILES string of the molecule is Nc1ccc2c(c1)CCC2NC(=O)c1cccc(O)c1O. The third kappa shape index (κ3) is 2.38. The minimum atomic E-state index is -0.405. The number of hydrogen-bond acceptors (Lipinski definition) is 4. The summed E-state index contributed by atoms with van der Waals surface area (Å²) < 4.78 is 0. The average molecular weight is 284 g/mol. The average Bonchev–Trinajstić information content (AvgIpc) is 2.84. The maximum atomic E-state index is 12.2. The topological polar surface area (TPSA) is 95.6 Å². The molecule has 1 aliphatic rings. The minimum Gasteiger partial charge on any atom is -0.504 e.